The van der Waals surface area contributed by atoms with Gasteiger partial charge in [-0.3, -0.25) is 10.2 Å². The predicted octanol–water partition coefficient (Wildman–Crippen LogP) is 0.336. The number of hydrogen-bond donors (Lipinski definition) is 1. The average Bonchev–Trinajstić information content (AvgIpc) is 2.04. The molecule has 0 bridgehead atoms. The number of rotatable bonds is 2. The fourth-order valence-electron chi connectivity index (χ4n) is 0.697. The molecule has 1 heterocycles. The van der Waals surface area contributed by atoms with Gasteiger partial charge in [0.15, 0.2) is 0 Å². The Balaban J connectivity index is 2.72. The van der Waals surface area contributed by atoms with E-state index in [4.69, 9.17) is 11.6 Å². The molecular weight excluding hydrogens is 192 g/mol. The predicted molar refractivity (Wildman–Crippen MR) is 48.2 cm³/mol. The SMILES string of the molecule is CN(C)NC(=O)c1cnc(Cl)nc1. The second-order valence-corrected chi connectivity index (χ2v) is 2.91. The van der Waals surface area contributed by atoms with E-state index >= 15 is 0 Å². The summed E-state index contributed by atoms with van der Waals surface area (Å²) in [6.45, 7) is 0. The maximum atomic E-state index is 11.3. The third kappa shape index (κ3) is 2.96. The molecule has 0 aliphatic carbocycles. The molecule has 70 valence electrons. The summed E-state index contributed by atoms with van der Waals surface area (Å²) in [5, 5.41) is 1.66. The van der Waals surface area contributed by atoms with Gasteiger partial charge >= 0.3 is 0 Å². The highest BCUT2D eigenvalue weighted by atomic mass is 35.5. The van der Waals surface area contributed by atoms with Crippen LogP contribution in [0, 0.1) is 0 Å². The van der Waals surface area contributed by atoms with Gasteiger partial charge in [-0.05, 0) is 11.6 Å². The van der Waals surface area contributed by atoms with Gasteiger partial charge in [-0.1, -0.05) is 0 Å². The molecule has 0 aliphatic heterocycles. The molecule has 0 unspecified atom stereocenters. The van der Waals surface area contributed by atoms with Crippen molar-refractivity contribution in [1.82, 2.24) is 20.4 Å². The van der Waals surface area contributed by atoms with Crippen LogP contribution in [0.4, 0.5) is 0 Å². The molecule has 13 heavy (non-hydrogen) atoms. The Labute approximate surface area is 80.7 Å². The fourth-order valence-corrected chi connectivity index (χ4v) is 0.795. The Morgan fingerprint density at radius 2 is 2.00 bits per heavy atom. The van der Waals surface area contributed by atoms with Crippen molar-refractivity contribution in [3.63, 3.8) is 0 Å². The first kappa shape index (κ1) is 9.88. The van der Waals surface area contributed by atoms with Gasteiger partial charge in [0.2, 0.25) is 5.28 Å². The molecule has 0 saturated heterocycles. The maximum Gasteiger partial charge on any atom is 0.268 e. The molecule has 1 aromatic heterocycles. The molecular formula is C7H9ClN4O. The minimum absolute atomic E-state index is 0.126. The van der Waals surface area contributed by atoms with Crippen LogP contribution in [-0.4, -0.2) is 35.0 Å². The van der Waals surface area contributed by atoms with E-state index in [1.165, 1.54) is 17.4 Å². The van der Waals surface area contributed by atoms with Crippen LogP contribution in [0.25, 0.3) is 0 Å². The smallest absolute Gasteiger partial charge is 0.268 e. The molecule has 1 amide bonds. The summed E-state index contributed by atoms with van der Waals surface area (Å²) >= 11 is 5.46. The molecule has 0 atom stereocenters. The molecule has 0 spiro atoms. The summed E-state index contributed by atoms with van der Waals surface area (Å²) in [5.74, 6) is -0.262. The molecule has 5 nitrogen and oxygen atoms in total. The largest absolute Gasteiger partial charge is 0.285 e. The van der Waals surface area contributed by atoms with Crippen molar-refractivity contribution in [2.24, 2.45) is 0 Å². The number of nitrogens with one attached hydrogen (secondary N) is 1. The van der Waals surface area contributed by atoms with Gasteiger partial charge in [-0.2, -0.15) is 0 Å². The number of halogens is 1. The Bertz CT molecular complexity index is 298. The number of aromatic nitrogens is 2. The van der Waals surface area contributed by atoms with Crippen molar-refractivity contribution >= 4 is 17.5 Å². The topological polar surface area (TPSA) is 58.1 Å². The van der Waals surface area contributed by atoms with Crippen LogP contribution >= 0.6 is 11.6 Å². The molecule has 1 N–H and O–H groups in total. The molecule has 6 heteroatoms. The molecule has 1 rings (SSSR count). The highest BCUT2D eigenvalue weighted by molar-refractivity contribution is 6.28. The lowest BCUT2D eigenvalue weighted by Gasteiger charge is -2.10. The lowest BCUT2D eigenvalue weighted by atomic mass is 10.3. The number of hydrogen-bond acceptors (Lipinski definition) is 4. The van der Waals surface area contributed by atoms with Crippen molar-refractivity contribution in [3.8, 4) is 0 Å². The van der Waals surface area contributed by atoms with E-state index in [1.807, 2.05) is 0 Å². The Hall–Kier alpha value is -1.20. The summed E-state index contributed by atoms with van der Waals surface area (Å²) < 4.78 is 0. The summed E-state index contributed by atoms with van der Waals surface area (Å²) in [4.78, 5) is 18.7. The highest BCUT2D eigenvalue weighted by Crippen LogP contribution is 2.00. The summed E-state index contributed by atoms with van der Waals surface area (Å²) in [6.07, 6.45) is 2.74. The highest BCUT2D eigenvalue weighted by Gasteiger charge is 2.06. The van der Waals surface area contributed by atoms with Crippen molar-refractivity contribution in [2.45, 2.75) is 0 Å². The molecule has 1 aromatic rings. The summed E-state index contributed by atoms with van der Waals surface area (Å²) in [6, 6.07) is 0. The maximum absolute atomic E-state index is 11.3. The minimum Gasteiger partial charge on any atom is -0.285 e. The normalized spacial score (nSPS) is 10.2. The first-order chi connectivity index (χ1) is 6.09. The van der Waals surface area contributed by atoms with Crippen LogP contribution in [-0.2, 0) is 0 Å². The quantitative estimate of drug-likeness (QED) is 0.553. The van der Waals surface area contributed by atoms with E-state index in [2.05, 4.69) is 15.4 Å². The van der Waals surface area contributed by atoms with E-state index < -0.39 is 0 Å². The lowest BCUT2D eigenvalue weighted by molar-refractivity contribution is 0.0856. The zero-order chi connectivity index (χ0) is 9.84. The minimum atomic E-state index is -0.262. The van der Waals surface area contributed by atoms with Crippen molar-refractivity contribution in [1.29, 1.82) is 0 Å². The van der Waals surface area contributed by atoms with Gasteiger partial charge in [-0.25, -0.2) is 15.0 Å². The number of nitrogens with zero attached hydrogens (tertiary/aromatic N) is 3. The van der Waals surface area contributed by atoms with Gasteiger partial charge < -0.3 is 0 Å². The van der Waals surface area contributed by atoms with Gasteiger partial charge in [-0.15, -0.1) is 0 Å². The summed E-state index contributed by atoms with van der Waals surface area (Å²) in [7, 11) is 3.43. The fraction of sp³-hybridized carbons (Fsp3) is 0.286. The van der Waals surface area contributed by atoms with Gasteiger partial charge in [0, 0.05) is 26.5 Å². The van der Waals surface area contributed by atoms with Crippen LogP contribution in [0.1, 0.15) is 10.4 Å². The van der Waals surface area contributed by atoms with Crippen molar-refractivity contribution in [3.05, 3.63) is 23.2 Å². The Morgan fingerprint density at radius 3 is 2.46 bits per heavy atom. The van der Waals surface area contributed by atoms with Crippen LogP contribution < -0.4 is 5.43 Å². The first-order valence-corrected chi connectivity index (χ1v) is 3.93. The van der Waals surface area contributed by atoms with E-state index in [-0.39, 0.29) is 11.2 Å². The van der Waals surface area contributed by atoms with Gasteiger partial charge in [0.1, 0.15) is 0 Å². The molecule has 0 saturated carbocycles. The molecule has 0 aromatic carbocycles. The van der Waals surface area contributed by atoms with E-state index in [0.29, 0.717) is 5.56 Å². The number of hydrazine groups is 1. The number of carbonyl (C=O) groups excluding carboxylic acids is 1. The first-order valence-electron chi connectivity index (χ1n) is 3.55. The van der Waals surface area contributed by atoms with Crippen LogP contribution in [0.3, 0.4) is 0 Å². The zero-order valence-corrected chi connectivity index (χ0v) is 8.04. The Morgan fingerprint density at radius 1 is 1.46 bits per heavy atom. The molecule has 0 radical (unpaired) electrons. The number of amides is 1. The van der Waals surface area contributed by atoms with Crippen LogP contribution in [0.15, 0.2) is 12.4 Å². The Kier molecular flexibility index (Phi) is 3.16. The number of carbonyl (C=O) groups is 1. The average molecular weight is 201 g/mol. The van der Waals surface area contributed by atoms with E-state index in [0.717, 1.165) is 0 Å². The summed E-state index contributed by atoms with van der Waals surface area (Å²) in [5.41, 5.74) is 2.92. The third-order valence-corrected chi connectivity index (χ3v) is 1.40. The van der Waals surface area contributed by atoms with Crippen molar-refractivity contribution < 1.29 is 4.79 Å². The zero-order valence-electron chi connectivity index (χ0n) is 7.28. The second-order valence-electron chi connectivity index (χ2n) is 2.58. The van der Waals surface area contributed by atoms with Gasteiger partial charge in [0.05, 0.1) is 5.56 Å². The standard InChI is InChI=1S/C7H9ClN4O/c1-12(2)11-6(13)5-3-9-7(8)10-4-5/h3-4H,1-2H3,(H,11,13). The third-order valence-electron chi connectivity index (χ3n) is 1.21. The lowest BCUT2D eigenvalue weighted by Crippen LogP contribution is -2.36. The molecule has 0 fully saturated rings. The van der Waals surface area contributed by atoms with Gasteiger partial charge in [0.25, 0.3) is 5.91 Å². The van der Waals surface area contributed by atoms with Crippen molar-refractivity contribution in [2.75, 3.05) is 14.1 Å². The second kappa shape index (κ2) is 4.15. The molecule has 0 aliphatic rings. The van der Waals surface area contributed by atoms with E-state index in [9.17, 15) is 4.79 Å². The van der Waals surface area contributed by atoms with Crippen LogP contribution in [0.5, 0.6) is 0 Å². The van der Waals surface area contributed by atoms with E-state index in [1.54, 1.807) is 14.1 Å². The van der Waals surface area contributed by atoms with Crippen LogP contribution in [0.2, 0.25) is 5.28 Å². The monoisotopic (exact) mass is 200 g/mol.